The van der Waals surface area contributed by atoms with Gasteiger partial charge in [0.05, 0.1) is 6.61 Å². The maximum Gasteiger partial charge on any atom is 0.333 e. The second-order valence-electron chi connectivity index (χ2n) is 2.22. The molecule has 3 heteroatoms. The van der Waals surface area contributed by atoms with Crippen LogP contribution >= 0.6 is 0 Å². The third-order valence-electron chi connectivity index (χ3n) is 1.34. The number of hydrogen-bond donors (Lipinski definition) is 1. The summed E-state index contributed by atoms with van der Waals surface area (Å²) in [5, 5.41) is 8.35. The first-order valence-corrected chi connectivity index (χ1v) is 3.78. The Morgan fingerprint density at radius 1 is 1.50 bits per heavy atom. The van der Waals surface area contributed by atoms with E-state index < -0.39 is 0 Å². The largest absolute Gasteiger partial charge is 0.458 e. The Kier molecular flexibility index (Phi) is 6.01. The molecule has 0 atom stereocenters. The van der Waals surface area contributed by atoms with E-state index in [9.17, 15) is 4.79 Å². The minimum absolute atomic E-state index is 0.0276. The molecule has 0 saturated carbocycles. The molecule has 0 amide bonds. The van der Waals surface area contributed by atoms with Crippen LogP contribution in [0.1, 0.15) is 13.8 Å². The average molecular weight is 170 g/mol. The Balaban J connectivity index is 3.65. The highest BCUT2D eigenvalue weighted by Crippen LogP contribution is 1.95. The van der Waals surface area contributed by atoms with Crippen LogP contribution in [0.5, 0.6) is 0 Å². The van der Waals surface area contributed by atoms with E-state index in [0.717, 1.165) is 0 Å². The SMILES string of the molecule is CC=C(C)C(=O)OC/C=C\CO. The van der Waals surface area contributed by atoms with Gasteiger partial charge in [-0.05, 0) is 19.9 Å². The predicted molar refractivity (Wildman–Crippen MR) is 46.6 cm³/mol. The monoisotopic (exact) mass is 170 g/mol. The lowest BCUT2D eigenvalue weighted by molar-refractivity contribution is -0.137. The van der Waals surface area contributed by atoms with Crippen LogP contribution in [0.25, 0.3) is 0 Å². The van der Waals surface area contributed by atoms with Crippen LogP contribution in [0.4, 0.5) is 0 Å². The summed E-state index contributed by atoms with van der Waals surface area (Å²) in [5.41, 5.74) is 0.590. The first kappa shape index (κ1) is 10.9. The van der Waals surface area contributed by atoms with Crippen LogP contribution in [-0.4, -0.2) is 24.3 Å². The number of carbonyl (C=O) groups excluding carboxylic acids is 1. The van der Waals surface area contributed by atoms with Crippen LogP contribution in [0, 0.1) is 0 Å². The van der Waals surface area contributed by atoms with Gasteiger partial charge < -0.3 is 9.84 Å². The predicted octanol–water partition coefficient (Wildman–Crippen LogP) is 1.04. The van der Waals surface area contributed by atoms with E-state index in [-0.39, 0.29) is 19.2 Å². The number of hydrogen-bond acceptors (Lipinski definition) is 3. The van der Waals surface area contributed by atoms with Gasteiger partial charge >= 0.3 is 5.97 Å². The second-order valence-corrected chi connectivity index (χ2v) is 2.22. The Hall–Kier alpha value is -1.09. The third-order valence-corrected chi connectivity index (χ3v) is 1.34. The highest BCUT2D eigenvalue weighted by Gasteiger charge is 2.01. The van der Waals surface area contributed by atoms with Gasteiger partial charge in [-0.1, -0.05) is 12.2 Å². The number of aliphatic hydroxyl groups excluding tert-OH is 1. The van der Waals surface area contributed by atoms with E-state index in [1.807, 2.05) is 0 Å². The maximum absolute atomic E-state index is 11.0. The molecule has 3 nitrogen and oxygen atoms in total. The lowest BCUT2D eigenvalue weighted by Gasteiger charge is -1.99. The molecule has 0 spiro atoms. The Morgan fingerprint density at radius 3 is 2.67 bits per heavy atom. The number of carbonyl (C=O) groups is 1. The molecule has 0 rings (SSSR count). The Labute approximate surface area is 72.3 Å². The molecule has 0 aliphatic rings. The van der Waals surface area contributed by atoms with Crippen molar-refractivity contribution in [2.24, 2.45) is 0 Å². The van der Waals surface area contributed by atoms with Gasteiger partial charge in [-0.2, -0.15) is 0 Å². The fourth-order valence-corrected chi connectivity index (χ4v) is 0.498. The first-order valence-electron chi connectivity index (χ1n) is 3.78. The molecule has 12 heavy (non-hydrogen) atoms. The van der Waals surface area contributed by atoms with Crippen LogP contribution in [0.2, 0.25) is 0 Å². The number of allylic oxidation sites excluding steroid dienone is 1. The molecule has 0 bridgehead atoms. The summed E-state index contributed by atoms with van der Waals surface area (Å²) in [6.45, 7) is 3.66. The topological polar surface area (TPSA) is 46.5 Å². The van der Waals surface area contributed by atoms with Crippen LogP contribution < -0.4 is 0 Å². The van der Waals surface area contributed by atoms with E-state index >= 15 is 0 Å². The quantitative estimate of drug-likeness (QED) is 0.389. The molecule has 0 radical (unpaired) electrons. The summed E-state index contributed by atoms with van der Waals surface area (Å²) in [4.78, 5) is 11.0. The summed E-state index contributed by atoms with van der Waals surface area (Å²) in [5.74, 6) is -0.319. The third kappa shape index (κ3) is 4.68. The molecule has 0 heterocycles. The standard InChI is InChI=1S/C9H14O3/c1-3-8(2)9(11)12-7-5-4-6-10/h3-5,10H,6-7H2,1-2H3/b5-4-,8-3?. The van der Waals surface area contributed by atoms with Gasteiger partial charge in [-0.25, -0.2) is 4.79 Å². The highest BCUT2D eigenvalue weighted by molar-refractivity contribution is 5.87. The lowest BCUT2D eigenvalue weighted by atomic mass is 10.3. The number of rotatable bonds is 4. The van der Waals surface area contributed by atoms with Gasteiger partial charge in [0.1, 0.15) is 6.61 Å². The fourth-order valence-electron chi connectivity index (χ4n) is 0.498. The van der Waals surface area contributed by atoms with Crippen molar-refractivity contribution in [1.82, 2.24) is 0 Å². The van der Waals surface area contributed by atoms with E-state index in [4.69, 9.17) is 9.84 Å². The zero-order chi connectivity index (χ0) is 9.40. The molecule has 0 aromatic carbocycles. The van der Waals surface area contributed by atoms with Gasteiger partial charge in [-0.15, -0.1) is 0 Å². The average Bonchev–Trinajstić information content (AvgIpc) is 2.10. The molecular formula is C9H14O3. The van der Waals surface area contributed by atoms with Crippen molar-refractivity contribution in [1.29, 1.82) is 0 Å². The van der Waals surface area contributed by atoms with E-state index in [0.29, 0.717) is 5.57 Å². The summed E-state index contributed by atoms with van der Waals surface area (Å²) in [6, 6.07) is 0. The number of esters is 1. The number of ether oxygens (including phenoxy) is 1. The maximum atomic E-state index is 11.0. The van der Waals surface area contributed by atoms with Gasteiger partial charge in [0, 0.05) is 5.57 Å². The van der Waals surface area contributed by atoms with Gasteiger partial charge in [0.25, 0.3) is 0 Å². The lowest BCUT2D eigenvalue weighted by Crippen LogP contribution is -2.05. The minimum Gasteiger partial charge on any atom is -0.458 e. The van der Waals surface area contributed by atoms with Gasteiger partial charge in [0.15, 0.2) is 0 Å². The van der Waals surface area contributed by atoms with Crippen molar-refractivity contribution >= 4 is 5.97 Å². The molecular weight excluding hydrogens is 156 g/mol. The Bertz CT molecular complexity index is 192. The van der Waals surface area contributed by atoms with E-state index in [2.05, 4.69) is 0 Å². The molecule has 1 N–H and O–H groups in total. The van der Waals surface area contributed by atoms with Crippen molar-refractivity contribution in [2.75, 3.05) is 13.2 Å². The van der Waals surface area contributed by atoms with Gasteiger partial charge in [0.2, 0.25) is 0 Å². The fraction of sp³-hybridized carbons (Fsp3) is 0.444. The molecule has 0 saturated heterocycles. The summed E-state index contributed by atoms with van der Waals surface area (Å²) >= 11 is 0. The van der Waals surface area contributed by atoms with Crippen molar-refractivity contribution in [3.63, 3.8) is 0 Å². The summed E-state index contributed by atoms with van der Waals surface area (Å²) < 4.78 is 4.79. The zero-order valence-corrected chi connectivity index (χ0v) is 7.41. The van der Waals surface area contributed by atoms with Crippen molar-refractivity contribution in [3.05, 3.63) is 23.8 Å². The zero-order valence-electron chi connectivity index (χ0n) is 7.41. The normalized spacial score (nSPS) is 12.1. The smallest absolute Gasteiger partial charge is 0.333 e. The summed E-state index contributed by atoms with van der Waals surface area (Å²) in [6.07, 6.45) is 4.82. The molecule has 0 unspecified atom stereocenters. The van der Waals surface area contributed by atoms with Crippen molar-refractivity contribution < 1.29 is 14.6 Å². The molecule has 0 fully saturated rings. The van der Waals surface area contributed by atoms with Crippen LogP contribution in [-0.2, 0) is 9.53 Å². The van der Waals surface area contributed by atoms with Crippen LogP contribution in [0.3, 0.4) is 0 Å². The molecule has 0 aromatic heterocycles. The first-order chi connectivity index (χ1) is 5.72. The summed E-state index contributed by atoms with van der Waals surface area (Å²) in [7, 11) is 0. The van der Waals surface area contributed by atoms with Crippen molar-refractivity contribution in [3.8, 4) is 0 Å². The van der Waals surface area contributed by atoms with Crippen molar-refractivity contribution in [2.45, 2.75) is 13.8 Å². The van der Waals surface area contributed by atoms with Gasteiger partial charge in [-0.3, -0.25) is 0 Å². The number of aliphatic hydroxyl groups is 1. The molecule has 68 valence electrons. The highest BCUT2D eigenvalue weighted by atomic mass is 16.5. The molecule has 0 aromatic rings. The second kappa shape index (κ2) is 6.61. The van der Waals surface area contributed by atoms with E-state index in [1.165, 1.54) is 6.08 Å². The van der Waals surface area contributed by atoms with E-state index in [1.54, 1.807) is 26.0 Å². The Morgan fingerprint density at radius 2 is 2.17 bits per heavy atom. The minimum atomic E-state index is -0.319. The molecule has 0 aliphatic heterocycles. The molecule has 0 aliphatic carbocycles. The van der Waals surface area contributed by atoms with Crippen LogP contribution in [0.15, 0.2) is 23.8 Å².